The Morgan fingerprint density at radius 2 is 1.28 bits per heavy atom. The normalized spacial score (nSPS) is 11.3. The molecule has 3 heterocycles. The first-order valence-corrected chi connectivity index (χ1v) is 19.1. The molecular formula is C35H29N5O6S4. The smallest absolute Gasteiger partial charge is 0.234 e. The van der Waals surface area contributed by atoms with Crippen LogP contribution in [0.1, 0.15) is 13.8 Å². The van der Waals surface area contributed by atoms with Crippen molar-refractivity contribution in [1.29, 1.82) is 0 Å². The van der Waals surface area contributed by atoms with Gasteiger partial charge in [-0.3, -0.25) is 9.59 Å². The maximum absolute atomic E-state index is 12.7. The number of anilines is 2. The number of thiazole rings is 2. The first-order valence-electron chi connectivity index (χ1n) is 15.5. The van der Waals surface area contributed by atoms with Crippen molar-refractivity contribution in [2.24, 2.45) is 0 Å². The number of carbonyl (C=O) groups is 2. The molecule has 0 saturated heterocycles. The molecule has 3 aromatic heterocycles. The number of nitrogens with one attached hydrogen (secondary N) is 2. The van der Waals surface area contributed by atoms with Gasteiger partial charge in [0.25, 0.3) is 0 Å². The zero-order valence-electron chi connectivity index (χ0n) is 26.7. The highest BCUT2D eigenvalue weighted by atomic mass is 32.2. The van der Waals surface area contributed by atoms with Crippen LogP contribution in [0.25, 0.3) is 43.0 Å². The van der Waals surface area contributed by atoms with E-state index in [1.807, 2.05) is 50.2 Å². The maximum atomic E-state index is 12.7. The Hall–Kier alpha value is -4.83. The average molecular weight is 744 g/mol. The van der Waals surface area contributed by atoms with Crippen LogP contribution < -0.4 is 20.1 Å². The molecule has 0 atom stereocenters. The van der Waals surface area contributed by atoms with Crippen molar-refractivity contribution in [3.8, 4) is 28.7 Å². The summed E-state index contributed by atoms with van der Waals surface area (Å²) < 4.78 is 20.6. The van der Waals surface area contributed by atoms with Crippen LogP contribution in [0, 0.1) is 0 Å². The van der Waals surface area contributed by atoms with Gasteiger partial charge in [0.2, 0.25) is 17.7 Å². The van der Waals surface area contributed by atoms with E-state index in [1.54, 1.807) is 30.3 Å². The van der Waals surface area contributed by atoms with E-state index in [4.69, 9.17) is 13.9 Å². The highest BCUT2D eigenvalue weighted by molar-refractivity contribution is 8.02. The minimum Gasteiger partial charge on any atom is -0.507 e. The number of fused-ring (bicyclic) bond motifs is 3. The topological polar surface area (TPSA) is 149 Å². The van der Waals surface area contributed by atoms with Gasteiger partial charge in [0.15, 0.2) is 14.3 Å². The molecule has 2 amide bonds. The van der Waals surface area contributed by atoms with Crippen LogP contribution in [0.2, 0.25) is 0 Å². The van der Waals surface area contributed by atoms with Gasteiger partial charge in [0.1, 0.15) is 22.8 Å². The monoisotopic (exact) mass is 743 g/mol. The summed E-state index contributed by atoms with van der Waals surface area (Å²) in [5.74, 6) is 1.61. The lowest BCUT2D eigenvalue weighted by Crippen LogP contribution is -2.13. The second-order valence-corrected chi connectivity index (χ2v) is 15.2. The lowest BCUT2D eigenvalue weighted by Gasteiger charge is -2.07. The quantitative estimate of drug-likeness (QED) is 0.0974. The Morgan fingerprint density at radius 1 is 0.720 bits per heavy atom. The third kappa shape index (κ3) is 7.81. The molecule has 0 spiro atoms. The number of benzene rings is 4. The molecule has 0 radical (unpaired) electrons. The molecule has 7 rings (SSSR count). The summed E-state index contributed by atoms with van der Waals surface area (Å²) in [6.07, 6.45) is 0. The van der Waals surface area contributed by atoms with Crippen LogP contribution >= 0.6 is 46.2 Å². The number of hydrogen-bond acceptors (Lipinski definition) is 13. The van der Waals surface area contributed by atoms with Crippen LogP contribution in [0.3, 0.4) is 0 Å². The van der Waals surface area contributed by atoms with E-state index in [-0.39, 0.29) is 35.0 Å². The first kappa shape index (κ1) is 33.7. The molecule has 4 aromatic carbocycles. The van der Waals surface area contributed by atoms with Crippen molar-refractivity contribution in [2.45, 2.75) is 22.5 Å². The van der Waals surface area contributed by atoms with Crippen molar-refractivity contribution in [3.05, 3.63) is 72.8 Å². The SMILES string of the molecule is CCOc1ccc2nc(SCC(=O)Nc3ccc(-c4nc5cc(NC(=O)CSc6nc7ccc(OCC)cc7s6)ccc5o4)c(O)c3)sc2c1. The van der Waals surface area contributed by atoms with Crippen LogP contribution in [0.5, 0.6) is 17.2 Å². The summed E-state index contributed by atoms with van der Waals surface area (Å²) in [7, 11) is 0. The molecule has 15 heteroatoms. The van der Waals surface area contributed by atoms with E-state index in [0.29, 0.717) is 41.3 Å². The number of oxazole rings is 1. The van der Waals surface area contributed by atoms with E-state index in [0.717, 1.165) is 40.6 Å². The second kappa shape index (κ2) is 15.0. The van der Waals surface area contributed by atoms with Gasteiger partial charge >= 0.3 is 0 Å². The molecule has 0 unspecified atom stereocenters. The van der Waals surface area contributed by atoms with Crippen LogP contribution in [0.4, 0.5) is 11.4 Å². The van der Waals surface area contributed by atoms with Gasteiger partial charge in [0, 0.05) is 17.4 Å². The Labute approximate surface area is 302 Å². The van der Waals surface area contributed by atoms with Crippen LogP contribution in [-0.4, -0.2) is 56.6 Å². The fourth-order valence-corrected chi connectivity index (χ4v) is 8.76. The number of phenolic OH excluding ortho intramolecular Hbond substituents is 1. The minimum atomic E-state index is -0.234. The molecular weight excluding hydrogens is 715 g/mol. The zero-order valence-corrected chi connectivity index (χ0v) is 30.0. The molecule has 0 fully saturated rings. The van der Waals surface area contributed by atoms with Crippen molar-refractivity contribution < 1.29 is 28.6 Å². The van der Waals surface area contributed by atoms with E-state index in [2.05, 4.69) is 25.6 Å². The molecule has 0 aliphatic rings. The van der Waals surface area contributed by atoms with E-state index in [1.165, 1.54) is 52.3 Å². The van der Waals surface area contributed by atoms with Crippen molar-refractivity contribution in [2.75, 3.05) is 35.4 Å². The Balaban J connectivity index is 0.940. The molecule has 7 aromatic rings. The Bertz CT molecular complexity index is 2350. The fourth-order valence-electron chi connectivity index (χ4n) is 4.96. The molecule has 11 nitrogen and oxygen atoms in total. The standard InChI is InChI=1S/C35H29N5O6S4/c1-3-44-21-7-10-24-29(15-21)49-34(39-24)47-17-31(42)36-19-6-12-28-26(13-19)38-33(46-28)23-9-5-20(14-27(23)41)37-32(43)18-48-35-40-25-11-8-22(45-4-2)16-30(25)50-35/h5-16,41H,3-4,17-18H2,1-2H3,(H,36,42)(H,37,43). The van der Waals surface area contributed by atoms with Gasteiger partial charge in [-0.05, 0) is 80.6 Å². The molecule has 0 aliphatic heterocycles. The second-order valence-electron chi connectivity index (χ2n) is 10.7. The highest BCUT2D eigenvalue weighted by Gasteiger charge is 2.16. The van der Waals surface area contributed by atoms with Gasteiger partial charge < -0.3 is 29.6 Å². The maximum Gasteiger partial charge on any atom is 0.234 e. The van der Waals surface area contributed by atoms with Gasteiger partial charge in [-0.1, -0.05) is 23.5 Å². The number of amides is 2. The minimum absolute atomic E-state index is 0.104. The van der Waals surface area contributed by atoms with E-state index in [9.17, 15) is 14.7 Å². The number of ether oxygens (including phenoxy) is 2. The van der Waals surface area contributed by atoms with Crippen molar-refractivity contribution >= 4 is 101 Å². The third-order valence-corrected chi connectivity index (χ3v) is 11.5. The summed E-state index contributed by atoms with van der Waals surface area (Å²) >= 11 is 5.73. The summed E-state index contributed by atoms with van der Waals surface area (Å²) in [4.78, 5) is 39.2. The highest BCUT2D eigenvalue weighted by Crippen LogP contribution is 2.36. The predicted octanol–water partition coefficient (Wildman–Crippen LogP) is 8.68. The van der Waals surface area contributed by atoms with Gasteiger partial charge in [-0.15, -0.1) is 22.7 Å². The van der Waals surface area contributed by atoms with Gasteiger partial charge in [0.05, 0.1) is 50.7 Å². The van der Waals surface area contributed by atoms with Crippen molar-refractivity contribution in [3.63, 3.8) is 0 Å². The molecule has 0 saturated carbocycles. The first-order chi connectivity index (χ1) is 24.3. The Morgan fingerprint density at radius 3 is 1.84 bits per heavy atom. The number of aromatic nitrogens is 3. The summed E-state index contributed by atoms with van der Waals surface area (Å²) in [6, 6.07) is 21.4. The lowest BCUT2D eigenvalue weighted by molar-refractivity contribution is -0.114. The zero-order chi connectivity index (χ0) is 34.6. The predicted molar refractivity (Wildman–Crippen MR) is 201 cm³/mol. The van der Waals surface area contributed by atoms with E-state index < -0.39 is 0 Å². The molecule has 3 N–H and O–H groups in total. The summed E-state index contributed by atoms with van der Waals surface area (Å²) in [5.41, 5.74) is 4.09. The van der Waals surface area contributed by atoms with Gasteiger partial charge in [-0.25, -0.2) is 15.0 Å². The molecule has 254 valence electrons. The molecule has 0 aliphatic carbocycles. The number of carbonyl (C=O) groups excluding carboxylic acids is 2. The number of aromatic hydroxyl groups is 1. The number of rotatable bonds is 13. The average Bonchev–Trinajstić information content (AvgIpc) is 3.82. The van der Waals surface area contributed by atoms with E-state index >= 15 is 0 Å². The number of thioether (sulfide) groups is 2. The van der Waals surface area contributed by atoms with Crippen molar-refractivity contribution in [1.82, 2.24) is 15.0 Å². The third-order valence-electron chi connectivity index (χ3n) is 7.14. The number of hydrogen-bond donors (Lipinski definition) is 3. The largest absolute Gasteiger partial charge is 0.507 e. The molecule has 50 heavy (non-hydrogen) atoms. The van der Waals surface area contributed by atoms with Crippen LogP contribution in [0.15, 0.2) is 85.9 Å². The van der Waals surface area contributed by atoms with Crippen LogP contribution in [-0.2, 0) is 9.59 Å². The number of nitrogens with zero attached hydrogens (tertiary/aromatic N) is 3. The lowest BCUT2D eigenvalue weighted by atomic mass is 10.2. The Kier molecular flexibility index (Phi) is 10.1. The summed E-state index contributed by atoms with van der Waals surface area (Å²) in [6.45, 7) is 5.06. The summed E-state index contributed by atoms with van der Waals surface area (Å²) in [5, 5.41) is 16.5. The van der Waals surface area contributed by atoms with Gasteiger partial charge in [-0.2, -0.15) is 0 Å². The fraction of sp³-hybridized carbons (Fsp3) is 0.171. The molecule has 0 bridgehead atoms. The number of phenols is 1.